The second kappa shape index (κ2) is 5.37. The zero-order chi connectivity index (χ0) is 12.1. The number of carboxylic acids is 1. The predicted octanol–water partition coefficient (Wildman–Crippen LogP) is 1.12. The first-order chi connectivity index (χ1) is 7.52. The van der Waals surface area contributed by atoms with E-state index in [1.165, 1.54) is 6.07 Å². The maximum absolute atomic E-state index is 10.9. The molecule has 0 saturated carbocycles. The van der Waals surface area contributed by atoms with Crippen molar-refractivity contribution >= 4 is 11.7 Å². The van der Waals surface area contributed by atoms with E-state index in [0.717, 1.165) is 0 Å². The maximum atomic E-state index is 10.9. The molecule has 1 aromatic rings. The number of nitrogens with two attached hydrogens (primary N) is 1. The Balaban J connectivity index is 2.79. The Hall–Kier alpha value is -1.75. The van der Waals surface area contributed by atoms with E-state index in [9.17, 15) is 4.79 Å². The van der Waals surface area contributed by atoms with Crippen molar-refractivity contribution in [3.05, 3.63) is 23.8 Å². The molecule has 0 aliphatic carbocycles. The number of hydrogen-bond donors (Lipinski definition) is 3. The first-order valence-corrected chi connectivity index (χ1v) is 4.95. The van der Waals surface area contributed by atoms with Crippen LogP contribution in [0.2, 0.25) is 0 Å². The van der Waals surface area contributed by atoms with Crippen molar-refractivity contribution in [2.45, 2.75) is 19.4 Å². The van der Waals surface area contributed by atoms with Crippen LogP contribution >= 0.6 is 0 Å². The van der Waals surface area contributed by atoms with Crippen molar-refractivity contribution in [2.24, 2.45) is 0 Å². The average Bonchev–Trinajstić information content (AvgIpc) is 2.16. The third-order valence-electron chi connectivity index (χ3n) is 2.07. The maximum Gasteiger partial charge on any atom is 0.341 e. The number of aliphatic hydroxyl groups is 1. The Bertz CT molecular complexity index is 376. The molecule has 0 aromatic heterocycles. The van der Waals surface area contributed by atoms with E-state index < -0.39 is 12.1 Å². The molecule has 0 saturated heterocycles. The van der Waals surface area contributed by atoms with Gasteiger partial charge in [0.2, 0.25) is 0 Å². The molecule has 0 aliphatic rings. The fraction of sp³-hybridized carbons (Fsp3) is 0.364. The van der Waals surface area contributed by atoms with Crippen molar-refractivity contribution in [3.8, 4) is 5.75 Å². The topological polar surface area (TPSA) is 92.8 Å². The Morgan fingerprint density at radius 1 is 1.56 bits per heavy atom. The summed E-state index contributed by atoms with van der Waals surface area (Å²) in [6.07, 6.45) is -0.0391. The summed E-state index contributed by atoms with van der Waals surface area (Å²) < 4.78 is 5.27. The number of carbonyl (C=O) groups is 1. The van der Waals surface area contributed by atoms with Crippen LogP contribution in [0.25, 0.3) is 0 Å². The molecule has 0 fully saturated rings. The van der Waals surface area contributed by atoms with Gasteiger partial charge in [-0.25, -0.2) is 4.79 Å². The van der Waals surface area contributed by atoms with Crippen LogP contribution in [-0.2, 0) is 0 Å². The minimum atomic E-state index is -1.12. The Labute approximate surface area is 93.5 Å². The SMILES string of the molecule is CC(O)CCOc1cccc(N)c1C(=O)O. The molecule has 5 heteroatoms. The number of anilines is 1. The van der Waals surface area contributed by atoms with Gasteiger partial charge in [-0.3, -0.25) is 0 Å². The molecular formula is C11H15NO4. The molecule has 5 nitrogen and oxygen atoms in total. The highest BCUT2D eigenvalue weighted by Crippen LogP contribution is 2.24. The van der Waals surface area contributed by atoms with Gasteiger partial charge in [0.1, 0.15) is 11.3 Å². The van der Waals surface area contributed by atoms with Gasteiger partial charge in [-0.1, -0.05) is 6.07 Å². The van der Waals surface area contributed by atoms with Crippen LogP contribution in [0, 0.1) is 0 Å². The summed E-state index contributed by atoms with van der Waals surface area (Å²) in [5, 5.41) is 18.0. The molecule has 1 unspecified atom stereocenters. The molecule has 16 heavy (non-hydrogen) atoms. The number of hydrogen-bond acceptors (Lipinski definition) is 4. The first kappa shape index (κ1) is 12.3. The molecule has 0 aliphatic heterocycles. The number of ether oxygens (including phenoxy) is 1. The lowest BCUT2D eigenvalue weighted by atomic mass is 10.1. The smallest absolute Gasteiger partial charge is 0.341 e. The number of nitrogen functional groups attached to an aromatic ring is 1. The molecule has 1 atom stereocenters. The molecule has 1 aromatic carbocycles. The quantitative estimate of drug-likeness (QED) is 0.653. The molecule has 0 radical (unpaired) electrons. The normalized spacial score (nSPS) is 12.1. The summed E-state index contributed by atoms with van der Waals surface area (Å²) in [4.78, 5) is 10.9. The van der Waals surface area contributed by atoms with Gasteiger partial charge in [-0.05, 0) is 19.1 Å². The van der Waals surface area contributed by atoms with Crippen molar-refractivity contribution in [2.75, 3.05) is 12.3 Å². The van der Waals surface area contributed by atoms with Gasteiger partial charge in [0.25, 0.3) is 0 Å². The summed E-state index contributed by atoms with van der Waals surface area (Å²) >= 11 is 0. The predicted molar refractivity (Wildman–Crippen MR) is 59.6 cm³/mol. The number of aliphatic hydroxyl groups excluding tert-OH is 1. The number of rotatable bonds is 5. The van der Waals surface area contributed by atoms with Crippen molar-refractivity contribution in [1.29, 1.82) is 0 Å². The molecule has 88 valence electrons. The Morgan fingerprint density at radius 2 is 2.25 bits per heavy atom. The van der Waals surface area contributed by atoms with Gasteiger partial charge in [-0.2, -0.15) is 0 Å². The van der Waals surface area contributed by atoms with Crippen LogP contribution in [0.1, 0.15) is 23.7 Å². The second-order valence-corrected chi connectivity index (χ2v) is 3.51. The highest BCUT2D eigenvalue weighted by atomic mass is 16.5. The van der Waals surface area contributed by atoms with E-state index in [1.54, 1.807) is 19.1 Å². The summed E-state index contributed by atoms with van der Waals surface area (Å²) in [7, 11) is 0. The Kier molecular flexibility index (Phi) is 4.13. The van der Waals surface area contributed by atoms with Crippen LogP contribution in [0.15, 0.2) is 18.2 Å². The van der Waals surface area contributed by atoms with Crippen molar-refractivity contribution in [1.82, 2.24) is 0 Å². The fourth-order valence-electron chi connectivity index (χ4n) is 1.24. The van der Waals surface area contributed by atoms with E-state index in [1.807, 2.05) is 0 Å². The van der Waals surface area contributed by atoms with Gasteiger partial charge in [0, 0.05) is 12.1 Å². The first-order valence-electron chi connectivity index (χ1n) is 4.95. The fourth-order valence-corrected chi connectivity index (χ4v) is 1.24. The highest BCUT2D eigenvalue weighted by Gasteiger charge is 2.14. The lowest BCUT2D eigenvalue weighted by Gasteiger charge is -2.11. The zero-order valence-electron chi connectivity index (χ0n) is 9.01. The van der Waals surface area contributed by atoms with Crippen LogP contribution in [0.3, 0.4) is 0 Å². The lowest BCUT2D eigenvalue weighted by molar-refractivity contribution is 0.0693. The van der Waals surface area contributed by atoms with E-state index in [4.69, 9.17) is 20.7 Å². The van der Waals surface area contributed by atoms with E-state index in [-0.39, 0.29) is 23.6 Å². The average molecular weight is 225 g/mol. The standard InChI is InChI=1S/C11H15NO4/c1-7(13)5-6-16-9-4-2-3-8(12)10(9)11(14)15/h2-4,7,13H,5-6,12H2,1H3,(H,14,15). The summed E-state index contributed by atoms with van der Waals surface area (Å²) in [6, 6.07) is 4.67. The van der Waals surface area contributed by atoms with Gasteiger partial charge in [0.05, 0.1) is 12.7 Å². The lowest BCUT2D eigenvalue weighted by Crippen LogP contribution is -2.11. The van der Waals surface area contributed by atoms with Gasteiger partial charge in [-0.15, -0.1) is 0 Å². The molecule has 4 N–H and O–H groups in total. The van der Waals surface area contributed by atoms with Crippen LogP contribution in [0.4, 0.5) is 5.69 Å². The molecule has 0 bridgehead atoms. The number of benzene rings is 1. The van der Waals surface area contributed by atoms with Crippen molar-refractivity contribution < 1.29 is 19.7 Å². The van der Waals surface area contributed by atoms with E-state index in [2.05, 4.69) is 0 Å². The molecule has 0 heterocycles. The third kappa shape index (κ3) is 3.13. The van der Waals surface area contributed by atoms with Crippen LogP contribution in [0.5, 0.6) is 5.75 Å². The summed E-state index contributed by atoms with van der Waals surface area (Å²) in [5.41, 5.74) is 5.68. The Morgan fingerprint density at radius 3 is 2.81 bits per heavy atom. The van der Waals surface area contributed by atoms with Gasteiger partial charge in [0.15, 0.2) is 0 Å². The van der Waals surface area contributed by atoms with E-state index >= 15 is 0 Å². The van der Waals surface area contributed by atoms with E-state index in [0.29, 0.717) is 6.42 Å². The minimum Gasteiger partial charge on any atom is -0.493 e. The monoisotopic (exact) mass is 225 g/mol. The third-order valence-corrected chi connectivity index (χ3v) is 2.07. The molecular weight excluding hydrogens is 210 g/mol. The second-order valence-electron chi connectivity index (χ2n) is 3.51. The van der Waals surface area contributed by atoms with Crippen molar-refractivity contribution in [3.63, 3.8) is 0 Å². The largest absolute Gasteiger partial charge is 0.493 e. The zero-order valence-corrected chi connectivity index (χ0v) is 9.01. The molecule has 0 amide bonds. The highest BCUT2D eigenvalue weighted by molar-refractivity contribution is 5.96. The van der Waals surface area contributed by atoms with Crippen LogP contribution in [-0.4, -0.2) is 28.9 Å². The van der Waals surface area contributed by atoms with Crippen LogP contribution < -0.4 is 10.5 Å². The summed E-state index contributed by atoms with van der Waals surface area (Å²) in [6.45, 7) is 1.89. The minimum absolute atomic E-state index is 0.0342. The molecule has 1 rings (SSSR count). The van der Waals surface area contributed by atoms with Gasteiger partial charge >= 0.3 is 5.97 Å². The molecule has 0 spiro atoms. The number of carboxylic acid groups (broad SMARTS) is 1. The summed E-state index contributed by atoms with van der Waals surface area (Å²) in [5.74, 6) is -0.890. The van der Waals surface area contributed by atoms with Gasteiger partial charge < -0.3 is 20.7 Å². The number of aromatic carboxylic acids is 1.